The Bertz CT molecular complexity index is 1050. The molecule has 2 aromatic carbocycles. The number of aromatic nitrogens is 2. The maximum atomic E-state index is 13.3. The zero-order valence-corrected chi connectivity index (χ0v) is 18.3. The van der Waals surface area contributed by atoms with E-state index in [-0.39, 0.29) is 12.0 Å². The highest BCUT2D eigenvalue weighted by Gasteiger charge is 2.37. The van der Waals surface area contributed by atoms with Crippen molar-refractivity contribution in [2.45, 2.75) is 58.0 Å². The molecule has 1 amide bonds. The number of imidazole rings is 1. The lowest BCUT2D eigenvalue weighted by atomic mass is 9.87. The molecule has 3 aromatic rings. The van der Waals surface area contributed by atoms with Crippen LogP contribution < -0.4 is 0 Å². The molecular weight excluding hydrogens is 382 g/mol. The van der Waals surface area contributed by atoms with Gasteiger partial charge in [0, 0.05) is 30.9 Å². The van der Waals surface area contributed by atoms with Crippen LogP contribution in [0.15, 0.2) is 61.1 Å². The van der Waals surface area contributed by atoms with Crippen LogP contribution in [0, 0.1) is 12.8 Å². The van der Waals surface area contributed by atoms with Crippen LogP contribution in [0.5, 0.6) is 0 Å². The number of carbonyl (C=O) groups is 1. The van der Waals surface area contributed by atoms with E-state index in [0.29, 0.717) is 5.91 Å². The summed E-state index contributed by atoms with van der Waals surface area (Å²) < 4.78 is 2.22. The smallest absolute Gasteiger partial charge is 0.226 e. The number of hydrogen-bond donors (Lipinski definition) is 0. The van der Waals surface area contributed by atoms with Crippen LogP contribution in [0.25, 0.3) is 0 Å². The Labute approximate surface area is 184 Å². The normalized spacial score (nSPS) is 20.8. The second-order valence-electron chi connectivity index (χ2n) is 9.16. The van der Waals surface area contributed by atoms with Crippen molar-refractivity contribution < 1.29 is 4.79 Å². The molecule has 0 spiro atoms. The van der Waals surface area contributed by atoms with Crippen LogP contribution >= 0.6 is 0 Å². The second-order valence-corrected chi connectivity index (χ2v) is 9.16. The highest BCUT2D eigenvalue weighted by molar-refractivity contribution is 5.81. The molecule has 2 aliphatic rings. The first-order valence-corrected chi connectivity index (χ1v) is 11.6. The van der Waals surface area contributed by atoms with Crippen molar-refractivity contribution in [3.8, 4) is 0 Å². The Morgan fingerprint density at radius 3 is 2.77 bits per heavy atom. The number of nitrogens with zero attached hydrogens (tertiary/aromatic N) is 3. The lowest BCUT2D eigenvalue weighted by Gasteiger charge is -2.33. The van der Waals surface area contributed by atoms with E-state index in [2.05, 4.69) is 69.9 Å². The Hall–Kier alpha value is -2.88. The van der Waals surface area contributed by atoms with Gasteiger partial charge in [-0.15, -0.1) is 0 Å². The maximum Gasteiger partial charge on any atom is 0.226 e. The fraction of sp³-hybridized carbons (Fsp3) is 0.407. The fourth-order valence-corrected chi connectivity index (χ4v) is 5.30. The molecule has 160 valence electrons. The first-order chi connectivity index (χ1) is 15.2. The molecule has 0 radical (unpaired) electrons. The Morgan fingerprint density at radius 2 is 1.90 bits per heavy atom. The standard InChI is InChI=1S/C27H31N3O/c1-20-9-11-21(12-10-20)18-29-19-28-17-24(29)14-13-23-15-16-30(27(23)31)26-8-4-6-22-5-2-3-7-25(22)26/h2-3,5,7,9-12,17,19,23,26H,4,6,8,13-16,18H2,1H3/t23-,26?/m0/s1. The summed E-state index contributed by atoms with van der Waals surface area (Å²) in [5.74, 6) is 0.489. The second kappa shape index (κ2) is 8.70. The highest BCUT2D eigenvalue weighted by atomic mass is 16.2. The van der Waals surface area contributed by atoms with E-state index in [4.69, 9.17) is 0 Å². The van der Waals surface area contributed by atoms with Crippen molar-refractivity contribution in [3.05, 3.63) is 89.0 Å². The first-order valence-electron chi connectivity index (χ1n) is 11.6. The van der Waals surface area contributed by atoms with Crippen LogP contribution in [0.4, 0.5) is 0 Å². The molecule has 1 unspecified atom stereocenters. The van der Waals surface area contributed by atoms with E-state index >= 15 is 0 Å². The number of amides is 1. The van der Waals surface area contributed by atoms with Crippen LogP contribution in [0.3, 0.4) is 0 Å². The van der Waals surface area contributed by atoms with Crippen LogP contribution in [-0.4, -0.2) is 26.9 Å². The molecule has 1 aliphatic heterocycles. The van der Waals surface area contributed by atoms with E-state index in [1.807, 2.05) is 12.5 Å². The van der Waals surface area contributed by atoms with E-state index < -0.39 is 0 Å². The molecule has 1 aromatic heterocycles. The Kier molecular flexibility index (Phi) is 5.63. The summed E-state index contributed by atoms with van der Waals surface area (Å²) in [6.45, 7) is 3.84. The van der Waals surface area contributed by atoms with Gasteiger partial charge in [0.15, 0.2) is 0 Å². The number of hydrogen-bond acceptors (Lipinski definition) is 2. The van der Waals surface area contributed by atoms with E-state index in [9.17, 15) is 4.79 Å². The van der Waals surface area contributed by atoms with Gasteiger partial charge < -0.3 is 9.47 Å². The summed E-state index contributed by atoms with van der Waals surface area (Å²) in [5, 5.41) is 0. The van der Waals surface area contributed by atoms with Crippen molar-refractivity contribution in [1.82, 2.24) is 14.5 Å². The molecular formula is C27H31N3O. The Balaban J connectivity index is 1.23. The summed E-state index contributed by atoms with van der Waals surface area (Å²) >= 11 is 0. The number of likely N-dealkylation sites (tertiary alicyclic amines) is 1. The minimum Gasteiger partial charge on any atom is -0.335 e. The monoisotopic (exact) mass is 413 g/mol. The Morgan fingerprint density at radius 1 is 1.06 bits per heavy atom. The van der Waals surface area contributed by atoms with Gasteiger partial charge in [-0.2, -0.15) is 0 Å². The van der Waals surface area contributed by atoms with Crippen molar-refractivity contribution in [1.29, 1.82) is 0 Å². The van der Waals surface area contributed by atoms with Gasteiger partial charge in [0.25, 0.3) is 0 Å². The van der Waals surface area contributed by atoms with Gasteiger partial charge >= 0.3 is 0 Å². The molecule has 0 saturated carbocycles. The summed E-state index contributed by atoms with van der Waals surface area (Å²) in [6, 6.07) is 17.6. The molecule has 0 bridgehead atoms. The van der Waals surface area contributed by atoms with Crippen LogP contribution in [0.2, 0.25) is 0 Å². The highest BCUT2D eigenvalue weighted by Crippen LogP contribution is 2.38. The minimum absolute atomic E-state index is 0.136. The van der Waals surface area contributed by atoms with Gasteiger partial charge in [-0.1, -0.05) is 54.1 Å². The summed E-state index contributed by atoms with van der Waals surface area (Å²) in [5.41, 5.74) is 6.58. The number of rotatable bonds is 6. The van der Waals surface area contributed by atoms with Crippen molar-refractivity contribution in [2.75, 3.05) is 6.54 Å². The predicted octanol–water partition coefficient (Wildman–Crippen LogP) is 5.10. The molecule has 2 heterocycles. The molecule has 31 heavy (non-hydrogen) atoms. The van der Waals surface area contributed by atoms with Crippen LogP contribution in [-0.2, 0) is 24.2 Å². The van der Waals surface area contributed by atoms with Gasteiger partial charge in [0.05, 0.1) is 12.4 Å². The fourth-order valence-electron chi connectivity index (χ4n) is 5.30. The molecule has 1 fully saturated rings. The average molecular weight is 414 g/mol. The van der Waals surface area contributed by atoms with Crippen molar-refractivity contribution >= 4 is 5.91 Å². The van der Waals surface area contributed by atoms with Gasteiger partial charge in [-0.25, -0.2) is 4.98 Å². The number of carbonyl (C=O) groups excluding carboxylic acids is 1. The summed E-state index contributed by atoms with van der Waals surface area (Å²) in [6.07, 6.45) is 10.1. The maximum absolute atomic E-state index is 13.3. The third kappa shape index (κ3) is 4.16. The number of aryl methyl sites for hydroxylation is 3. The summed E-state index contributed by atoms with van der Waals surface area (Å²) in [7, 11) is 0. The van der Waals surface area contributed by atoms with Gasteiger partial charge in [-0.3, -0.25) is 4.79 Å². The first kappa shape index (κ1) is 20.0. The van der Waals surface area contributed by atoms with Crippen molar-refractivity contribution in [3.63, 3.8) is 0 Å². The van der Waals surface area contributed by atoms with Gasteiger partial charge in [-0.05, 0) is 62.1 Å². The SMILES string of the molecule is Cc1ccc(Cn2cncc2CC[C@H]2CCN(C3CCCc4ccccc43)C2=O)cc1. The number of benzene rings is 2. The zero-order chi connectivity index (χ0) is 21.2. The third-order valence-electron chi connectivity index (χ3n) is 7.09. The van der Waals surface area contributed by atoms with Crippen LogP contribution in [0.1, 0.15) is 59.7 Å². The van der Waals surface area contributed by atoms with Gasteiger partial charge in [0.2, 0.25) is 5.91 Å². The predicted molar refractivity (Wildman–Crippen MR) is 123 cm³/mol. The quantitative estimate of drug-likeness (QED) is 0.564. The van der Waals surface area contributed by atoms with E-state index in [0.717, 1.165) is 45.2 Å². The number of fused-ring (bicyclic) bond motifs is 1. The molecule has 1 saturated heterocycles. The molecule has 5 rings (SSSR count). The third-order valence-corrected chi connectivity index (χ3v) is 7.09. The zero-order valence-electron chi connectivity index (χ0n) is 18.3. The molecule has 0 N–H and O–H groups in total. The molecule has 1 aliphatic carbocycles. The molecule has 4 heteroatoms. The lowest BCUT2D eigenvalue weighted by molar-refractivity contribution is -0.133. The summed E-state index contributed by atoms with van der Waals surface area (Å²) in [4.78, 5) is 19.8. The topological polar surface area (TPSA) is 38.1 Å². The largest absolute Gasteiger partial charge is 0.335 e. The van der Waals surface area contributed by atoms with Crippen molar-refractivity contribution in [2.24, 2.45) is 5.92 Å². The molecule has 4 nitrogen and oxygen atoms in total. The minimum atomic E-state index is 0.136. The van der Waals surface area contributed by atoms with Gasteiger partial charge in [0.1, 0.15) is 0 Å². The molecule has 2 atom stereocenters. The van der Waals surface area contributed by atoms with E-state index in [1.54, 1.807) is 0 Å². The lowest BCUT2D eigenvalue weighted by Crippen LogP contribution is -2.34. The average Bonchev–Trinajstić information content (AvgIpc) is 3.39. The van der Waals surface area contributed by atoms with E-state index in [1.165, 1.54) is 34.4 Å².